The van der Waals surface area contributed by atoms with Crippen LogP contribution < -0.4 is 0 Å². The molecule has 0 spiro atoms. The molecule has 0 aliphatic heterocycles. The van der Waals surface area contributed by atoms with Gasteiger partial charge in [0.15, 0.2) is 0 Å². The predicted molar refractivity (Wildman–Crippen MR) is 35.9 cm³/mol. The van der Waals surface area contributed by atoms with Gasteiger partial charge in [-0.1, -0.05) is 12.7 Å². The Bertz CT molecular complexity index is 169. The molecule has 0 aliphatic carbocycles. The molecule has 0 radical (unpaired) electrons. The standard InChI is InChI=1S/C7H9NO2/c1-3-4-10-7(9)6(2)5-8/h3,6H,1,4H2,2H3. The van der Waals surface area contributed by atoms with Gasteiger partial charge in [-0.3, -0.25) is 4.79 Å². The van der Waals surface area contributed by atoms with Gasteiger partial charge in [0.25, 0.3) is 0 Å². The number of rotatable bonds is 3. The van der Waals surface area contributed by atoms with Crippen LogP contribution in [0, 0.1) is 17.2 Å². The van der Waals surface area contributed by atoms with Crippen LogP contribution in [0.2, 0.25) is 0 Å². The molecule has 0 bridgehead atoms. The maximum absolute atomic E-state index is 10.6. The van der Waals surface area contributed by atoms with Crippen LogP contribution >= 0.6 is 0 Å². The van der Waals surface area contributed by atoms with Crippen molar-refractivity contribution in [2.45, 2.75) is 6.92 Å². The normalized spacial score (nSPS) is 11.2. The molecule has 10 heavy (non-hydrogen) atoms. The van der Waals surface area contributed by atoms with Gasteiger partial charge in [-0.25, -0.2) is 0 Å². The highest BCUT2D eigenvalue weighted by molar-refractivity contribution is 5.74. The number of ether oxygens (including phenoxy) is 1. The molecule has 3 nitrogen and oxygen atoms in total. The molecule has 0 saturated carbocycles. The van der Waals surface area contributed by atoms with Crippen LogP contribution in [0.5, 0.6) is 0 Å². The summed E-state index contributed by atoms with van der Waals surface area (Å²) in [4.78, 5) is 10.6. The second-order valence-corrected chi connectivity index (χ2v) is 1.77. The monoisotopic (exact) mass is 139 g/mol. The van der Waals surface area contributed by atoms with Crippen LogP contribution in [0.25, 0.3) is 0 Å². The van der Waals surface area contributed by atoms with E-state index in [9.17, 15) is 4.79 Å². The number of carbonyl (C=O) groups excluding carboxylic acids is 1. The molecule has 0 N–H and O–H groups in total. The highest BCUT2D eigenvalue weighted by Gasteiger charge is 2.11. The van der Waals surface area contributed by atoms with Crippen LogP contribution in [-0.4, -0.2) is 12.6 Å². The molecule has 0 heterocycles. The first-order valence-corrected chi connectivity index (χ1v) is 2.89. The van der Waals surface area contributed by atoms with E-state index < -0.39 is 11.9 Å². The van der Waals surface area contributed by atoms with Crippen molar-refractivity contribution < 1.29 is 9.53 Å². The van der Waals surface area contributed by atoms with Crippen molar-refractivity contribution in [1.29, 1.82) is 5.26 Å². The van der Waals surface area contributed by atoms with Gasteiger partial charge in [0.2, 0.25) is 0 Å². The molecule has 0 aromatic carbocycles. The van der Waals surface area contributed by atoms with Gasteiger partial charge in [0, 0.05) is 0 Å². The van der Waals surface area contributed by atoms with E-state index in [0.717, 1.165) is 0 Å². The number of nitrogens with zero attached hydrogens (tertiary/aromatic N) is 1. The summed E-state index contributed by atoms with van der Waals surface area (Å²) < 4.78 is 4.56. The molecule has 0 aromatic rings. The van der Waals surface area contributed by atoms with Crippen LogP contribution in [0.1, 0.15) is 6.92 Å². The van der Waals surface area contributed by atoms with E-state index in [-0.39, 0.29) is 6.61 Å². The molecule has 3 heteroatoms. The third-order valence-electron chi connectivity index (χ3n) is 0.891. The fourth-order valence-corrected chi connectivity index (χ4v) is 0.319. The van der Waals surface area contributed by atoms with Crippen molar-refractivity contribution in [2.24, 2.45) is 5.92 Å². The van der Waals surface area contributed by atoms with E-state index in [0.29, 0.717) is 0 Å². The number of hydrogen-bond donors (Lipinski definition) is 0. The maximum Gasteiger partial charge on any atom is 0.323 e. The van der Waals surface area contributed by atoms with Crippen LogP contribution in [0.15, 0.2) is 12.7 Å². The highest BCUT2D eigenvalue weighted by Crippen LogP contribution is 1.94. The number of carbonyl (C=O) groups is 1. The minimum atomic E-state index is -0.681. The topological polar surface area (TPSA) is 50.1 Å². The molecule has 0 rings (SSSR count). The first-order valence-electron chi connectivity index (χ1n) is 2.89. The number of nitriles is 1. The first-order chi connectivity index (χ1) is 4.72. The second kappa shape index (κ2) is 4.57. The van der Waals surface area contributed by atoms with E-state index in [1.165, 1.54) is 13.0 Å². The van der Waals surface area contributed by atoms with E-state index in [4.69, 9.17) is 5.26 Å². The lowest BCUT2D eigenvalue weighted by molar-refractivity contribution is -0.144. The molecule has 1 atom stereocenters. The summed E-state index contributed by atoms with van der Waals surface area (Å²) in [5.41, 5.74) is 0. The van der Waals surface area contributed by atoms with Gasteiger partial charge in [0.05, 0.1) is 6.07 Å². The summed E-state index contributed by atoms with van der Waals surface area (Å²) in [6.45, 7) is 5.02. The summed E-state index contributed by atoms with van der Waals surface area (Å²) in [7, 11) is 0. The zero-order chi connectivity index (χ0) is 7.98. The van der Waals surface area contributed by atoms with Gasteiger partial charge in [-0.15, -0.1) is 0 Å². The van der Waals surface area contributed by atoms with Crippen molar-refractivity contribution in [1.82, 2.24) is 0 Å². The van der Waals surface area contributed by atoms with Crippen molar-refractivity contribution in [2.75, 3.05) is 6.61 Å². The summed E-state index contributed by atoms with van der Waals surface area (Å²) in [5.74, 6) is -1.18. The quantitative estimate of drug-likeness (QED) is 0.430. The first kappa shape index (κ1) is 8.70. The van der Waals surface area contributed by atoms with Crippen molar-refractivity contribution in [3.05, 3.63) is 12.7 Å². The smallest absolute Gasteiger partial charge is 0.323 e. The van der Waals surface area contributed by atoms with E-state index >= 15 is 0 Å². The maximum atomic E-state index is 10.6. The van der Waals surface area contributed by atoms with E-state index in [1.54, 1.807) is 6.07 Å². The third kappa shape index (κ3) is 2.88. The zero-order valence-electron chi connectivity index (χ0n) is 5.83. The number of hydrogen-bond acceptors (Lipinski definition) is 3. The fourth-order valence-electron chi connectivity index (χ4n) is 0.319. The summed E-state index contributed by atoms with van der Waals surface area (Å²) in [6.07, 6.45) is 1.46. The van der Waals surface area contributed by atoms with Crippen LogP contribution in [0.4, 0.5) is 0 Å². The lowest BCUT2D eigenvalue weighted by Crippen LogP contribution is -2.12. The second-order valence-electron chi connectivity index (χ2n) is 1.77. The van der Waals surface area contributed by atoms with Crippen molar-refractivity contribution >= 4 is 5.97 Å². The lowest BCUT2D eigenvalue weighted by Gasteiger charge is -2.00. The van der Waals surface area contributed by atoms with Gasteiger partial charge in [0.1, 0.15) is 12.5 Å². The van der Waals surface area contributed by atoms with Gasteiger partial charge in [-0.2, -0.15) is 5.26 Å². The Balaban J connectivity index is 3.64. The molecular weight excluding hydrogens is 130 g/mol. The largest absolute Gasteiger partial charge is 0.460 e. The Morgan fingerprint density at radius 1 is 2.00 bits per heavy atom. The molecule has 1 unspecified atom stereocenters. The molecular formula is C7H9NO2. The average molecular weight is 139 g/mol. The van der Waals surface area contributed by atoms with Crippen LogP contribution in [0.3, 0.4) is 0 Å². The molecule has 0 aliphatic rings. The Morgan fingerprint density at radius 3 is 3.00 bits per heavy atom. The van der Waals surface area contributed by atoms with Gasteiger partial charge < -0.3 is 4.74 Å². The van der Waals surface area contributed by atoms with Crippen LogP contribution in [-0.2, 0) is 9.53 Å². The minimum Gasteiger partial charge on any atom is -0.460 e. The SMILES string of the molecule is C=CCOC(=O)C(C)C#N. The van der Waals surface area contributed by atoms with Gasteiger partial charge >= 0.3 is 5.97 Å². The average Bonchev–Trinajstić information content (AvgIpc) is 1.98. The van der Waals surface area contributed by atoms with Gasteiger partial charge in [-0.05, 0) is 6.92 Å². The molecule has 0 aromatic heterocycles. The molecule has 54 valence electrons. The summed E-state index contributed by atoms with van der Waals surface area (Å²) >= 11 is 0. The molecule has 0 saturated heterocycles. The Morgan fingerprint density at radius 2 is 2.60 bits per heavy atom. The van der Waals surface area contributed by atoms with E-state index in [1.807, 2.05) is 0 Å². The fraction of sp³-hybridized carbons (Fsp3) is 0.429. The predicted octanol–water partition coefficient (Wildman–Crippen LogP) is 0.875. The summed E-state index contributed by atoms with van der Waals surface area (Å²) in [5, 5.41) is 8.23. The van der Waals surface area contributed by atoms with Crippen molar-refractivity contribution in [3.8, 4) is 6.07 Å². The zero-order valence-corrected chi connectivity index (χ0v) is 5.83. The lowest BCUT2D eigenvalue weighted by atomic mass is 10.2. The van der Waals surface area contributed by atoms with Crippen molar-refractivity contribution in [3.63, 3.8) is 0 Å². The molecule has 0 amide bonds. The highest BCUT2D eigenvalue weighted by atomic mass is 16.5. The summed E-state index contributed by atoms with van der Waals surface area (Å²) in [6, 6.07) is 1.76. The Kier molecular flexibility index (Phi) is 3.97. The Hall–Kier alpha value is -1.30. The minimum absolute atomic E-state index is 0.171. The van der Waals surface area contributed by atoms with E-state index in [2.05, 4.69) is 11.3 Å². The third-order valence-corrected chi connectivity index (χ3v) is 0.891. The number of esters is 1. The molecule has 0 fully saturated rings. The Labute approximate surface area is 59.9 Å².